The maximum atomic E-state index is 14.2. The van der Waals surface area contributed by atoms with Gasteiger partial charge in [-0.3, -0.25) is 14.0 Å². The van der Waals surface area contributed by atoms with E-state index in [1.807, 2.05) is 0 Å². The summed E-state index contributed by atoms with van der Waals surface area (Å²) in [5.74, 6) is 2.45. The molecule has 6 atom stereocenters. The second-order valence-corrected chi connectivity index (χ2v) is 8.68. The van der Waals surface area contributed by atoms with Crippen LogP contribution in [0.1, 0.15) is 64.7 Å². The fourth-order valence-corrected chi connectivity index (χ4v) is 6.88. The van der Waals surface area contributed by atoms with Crippen LogP contribution in [0.4, 0.5) is 4.39 Å². The second kappa shape index (κ2) is 4.88. The molecule has 0 aromatic rings. The Kier molecular flexibility index (Phi) is 3.29. The van der Waals surface area contributed by atoms with Gasteiger partial charge in [0.2, 0.25) is 0 Å². The smallest absolute Gasteiger partial charge is 0.139 e. The van der Waals surface area contributed by atoms with Crippen molar-refractivity contribution in [3.63, 3.8) is 0 Å². The zero-order valence-electron chi connectivity index (χ0n) is 13.6. The van der Waals surface area contributed by atoms with Gasteiger partial charge >= 0.3 is 0 Å². The van der Waals surface area contributed by atoms with Gasteiger partial charge in [-0.25, -0.2) is 0 Å². The highest BCUT2D eigenvalue weighted by molar-refractivity contribution is 5.87. The van der Waals surface area contributed by atoms with Gasteiger partial charge in [-0.15, -0.1) is 0 Å². The lowest BCUT2D eigenvalue weighted by Gasteiger charge is -2.59. The molecule has 4 aliphatic carbocycles. The lowest BCUT2D eigenvalue weighted by Crippen LogP contribution is -2.55. The first-order chi connectivity index (χ1) is 10.5. The van der Waals surface area contributed by atoms with Crippen LogP contribution in [0, 0.1) is 34.5 Å². The van der Waals surface area contributed by atoms with Crippen molar-refractivity contribution < 1.29 is 14.0 Å². The molecule has 3 heteroatoms. The van der Waals surface area contributed by atoms with Gasteiger partial charge in [-0.05, 0) is 62.2 Å². The molecule has 0 amide bonds. The summed E-state index contributed by atoms with van der Waals surface area (Å²) in [6, 6.07) is 0. The number of halogens is 1. The molecule has 0 spiro atoms. The summed E-state index contributed by atoms with van der Waals surface area (Å²) < 4.78 is 14.2. The number of ketones is 2. The van der Waals surface area contributed by atoms with Gasteiger partial charge in [0.1, 0.15) is 11.6 Å². The fourth-order valence-electron chi connectivity index (χ4n) is 6.88. The predicted molar refractivity (Wildman–Crippen MR) is 82.0 cm³/mol. The molecular weight excluding hydrogens is 279 g/mol. The average Bonchev–Trinajstić information content (AvgIpc) is 2.82. The number of alkyl halides is 1. The second-order valence-electron chi connectivity index (χ2n) is 8.68. The summed E-state index contributed by atoms with van der Waals surface area (Å²) in [7, 11) is 0. The van der Waals surface area contributed by atoms with Gasteiger partial charge in [0.15, 0.2) is 0 Å². The summed E-state index contributed by atoms with van der Waals surface area (Å²) in [4.78, 5) is 24.2. The van der Waals surface area contributed by atoms with E-state index in [4.69, 9.17) is 0 Å². The van der Waals surface area contributed by atoms with Crippen molar-refractivity contribution in [2.45, 2.75) is 64.7 Å². The third kappa shape index (κ3) is 1.77. The molecule has 0 radical (unpaired) electrons. The number of fused-ring (bicyclic) bond motifs is 5. The molecule has 4 saturated carbocycles. The third-order valence-electron chi connectivity index (χ3n) is 8.14. The molecule has 0 aromatic carbocycles. The number of rotatable bonds is 1. The molecule has 4 aliphatic rings. The molecular formula is C19H27FO2. The fraction of sp³-hybridized carbons (Fsp3) is 0.895. The lowest BCUT2D eigenvalue weighted by atomic mass is 9.45. The number of carbonyl (C=O) groups is 2. The minimum Gasteiger partial charge on any atom is -0.300 e. The van der Waals surface area contributed by atoms with Crippen LogP contribution >= 0.6 is 0 Å². The molecule has 0 saturated heterocycles. The maximum Gasteiger partial charge on any atom is 0.139 e. The van der Waals surface area contributed by atoms with Crippen LogP contribution in [0.25, 0.3) is 0 Å². The van der Waals surface area contributed by atoms with Crippen LogP contribution in [0.5, 0.6) is 0 Å². The van der Waals surface area contributed by atoms with Crippen molar-refractivity contribution in [2.75, 3.05) is 6.67 Å². The Hall–Kier alpha value is -0.730. The van der Waals surface area contributed by atoms with Crippen molar-refractivity contribution in [3.05, 3.63) is 0 Å². The first kappa shape index (κ1) is 14.8. The minimum absolute atomic E-state index is 0.129. The quantitative estimate of drug-likeness (QED) is 0.730. The first-order valence-electron chi connectivity index (χ1n) is 9.12. The Bertz CT molecular complexity index is 516. The van der Waals surface area contributed by atoms with E-state index in [0.717, 1.165) is 44.9 Å². The van der Waals surface area contributed by atoms with Crippen molar-refractivity contribution in [3.8, 4) is 0 Å². The van der Waals surface area contributed by atoms with Gasteiger partial charge in [-0.1, -0.05) is 6.92 Å². The van der Waals surface area contributed by atoms with Gasteiger partial charge in [0.05, 0.1) is 6.67 Å². The summed E-state index contributed by atoms with van der Waals surface area (Å²) in [5.41, 5.74) is -0.375. The minimum atomic E-state index is -0.260. The molecule has 22 heavy (non-hydrogen) atoms. The molecule has 0 bridgehead atoms. The van der Waals surface area contributed by atoms with E-state index < -0.39 is 0 Å². The standard InChI is InChI=1S/C19H27FO2/c1-18-8-7-16-14(15(18)4-5-17(18)22)3-2-12-10-13(21)6-9-19(12,16)11-20/h12,14-16H,2-11H2,1H3/t12?,14-,15?,16?,18-,19+/m0/s1. The van der Waals surface area contributed by atoms with Crippen LogP contribution in [0.3, 0.4) is 0 Å². The largest absolute Gasteiger partial charge is 0.300 e. The van der Waals surface area contributed by atoms with Crippen LogP contribution in [-0.2, 0) is 9.59 Å². The zero-order chi connectivity index (χ0) is 15.5. The van der Waals surface area contributed by atoms with E-state index in [1.165, 1.54) is 0 Å². The Morgan fingerprint density at radius 1 is 1.05 bits per heavy atom. The molecule has 3 unspecified atom stereocenters. The van der Waals surface area contributed by atoms with Crippen LogP contribution in [-0.4, -0.2) is 18.2 Å². The van der Waals surface area contributed by atoms with E-state index in [9.17, 15) is 14.0 Å². The predicted octanol–water partition coefficient (Wildman–Crippen LogP) is 4.12. The van der Waals surface area contributed by atoms with Crippen molar-refractivity contribution in [1.82, 2.24) is 0 Å². The highest BCUT2D eigenvalue weighted by Gasteiger charge is 2.61. The van der Waals surface area contributed by atoms with Crippen molar-refractivity contribution in [1.29, 1.82) is 0 Å². The Morgan fingerprint density at radius 2 is 1.86 bits per heavy atom. The van der Waals surface area contributed by atoms with Crippen LogP contribution in [0.2, 0.25) is 0 Å². The summed E-state index contributed by atoms with van der Waals surface area (Å²) in [5, 5.41) is 0. The number of Topliss-reactive ketones (excluding diaryl/α,β-unsaturated/α-hetero) is 2. The maximum absolute atomic E-state index is 14.2. The van der Waals surface area contributed by atoms with Crippen LogP contribution < -0.4 is 0 Å². The molecule has 4 rings (SSSR count). The molecule has 4 fully saturated rings. The third-order valence-corrected chi connectivity index (χ3v) is 8.14. The summed E-state index contributed by atoms with van der Waals surface area (Å²) in [6.45, 7) is 1.91. The average molecular weight is 306 g/mol. The molecule has 0 aliphatic heterocycles. The molecule has 2 nitrogen and oxygen atoms in total. The molecule has 0 aromatic heterocycles. The van der Waals surface area contributed by atoms with E-state index in [-0.39, 0.29) is 23.4 Å². The summed E-state index contributed by atoms with van der Waals surface area (Å²) in [6.07, 6.45) is 7.73. The normalized spacial score (nSPS) is 51.2. The summed E-state index contributed by atoms with van der Waals surface area (Å²) >= 11 is 0. The van der Waals surface area contributed by atoms with Gasteiger partial charge in [-0.2, -0.15) is 0 Å². The van der Waals surface area contributed by atoms with Gasteiger partial charge < -0.3 is 0 Å². The van der Waals surface area contributed by atoms with Crippen molar-refractivity contribution in [2.24, 2.45) is 34.5 Å². The number of hydrogen-bond acceptors (Lipinski definition) is 2. The van der Waals surface area contributed by atoms with Gasteiger partial charge in [0.25, 0.3) is 0 Å². The first-order valence-corrected chi connectivity index (χ1v) is 9.12. The zero-order valence-corrected chi connectivity index (χ0v) is 13.6. The van der Waals surface area contributed by atoms with E-state index >= 15 is 0 Å². The van der Waals surface area contributed by atoms with Gasteiger partial charge in [0, 0.05) is 30.1 Å². The Balaban J connectivity index is 1.68. The van der Waals surface area contributed by atoms with Crippen LogP contribution in [0.15, 0.2) is 0 Å². The highest BCUT2D eigenvalue weighted by atomic mass is 19.1. The highest BCUT2D eigenvalue weighted by Crippen LogP contribution is 2.65. The number of carbonyl (C=O) groups excluding carboxylic acids is 2. The monoisotopic (exact) mass is 306 g/mol. The Morgan fingerprint density at radius 3 is 2.64 bits per heavy atom. The SMILES string of the molecule is C[C@]12CCC3[C@@H](CCC4CC(=O)CC[C@@]43CF)C1CCC2=O. The lowest BCUT2D eigenvalue weighted by molar-refractivity contribution is -0.149. The topological polar surface area (TPSA) is 34.1 Å². The molecule has 122 valence electrons. The van der Waals surface area contributed by atoms with E-state index in [2.05, 4.69) is 6.92 Å². The Labute approximate surface area is 132 Å². The number of hydrogen-bond donors (Lipinski definition) is 0. The molecule has 0 N–H and O–H groups in total. The van der Waals surface area contributed by atoms with E-state index in [1.54, 1.807) is 0 Å². The van der Waals surface area contributed by atoms with Crippen molar-refractivity contribution >= 4 is 11.6 Å². The van der Waals surface area contributed by atoms with E-state index in [0.29, 0.717) is 42.2 Å². The molecule has 0 heterocycles.